The van der Waals surface area contributed by atoms with Crippen molar-refractivity contribution >= 4 is 5.97 Å². The minimum absolute atomic E-state index is 0.482. The van der Waals surface area contributed by atoms with Crippen LogP contribution in [0.4, 0.5) is 13.2 Å². The third kappa shape index (κ3) is 2.93. The van der Waals surface area contributed by atoms with E-state index < -0.39 is 35.9 Å². The van der Waals surface area contributed by atoms with Crippen molar-refractivity contribution in [1.29, 1.82) is 0 Å². The third-order valence-electron chi connectivity index (χ3n) is 1.87. The SMILES string of the molecule is O=C(O)C(O)Cc1ncccc1C(F)(F)F. The second kappa shape index (κ2) is 4.48. The van der Waals surface area contributed by atoms with Gasteiger partial charge in [0.2, 0.25) is 0 Å². The van der Waals surface area contributed by atoms with Crippen LogP contribution >= 0.6 is 0 Å². The molecule has 0 aromatic carbocycles. The van der Waals surface area contributed by atoms with Crippen molar-refractivity contribution in [2.24, 2.45) is 0 Å². The Balaban J connectivity index is 3.01. The van der Waals surface area contributed by atoms with Crippen LogP contribution in [-0.4, -0.2) is 27.3 Å². The highest BCUT2D eigenvalue weighted by atomic mass is 19.4. The average molecular weight is 235 g/mol. The monoisotopic (exact) mass is 235 g/mol. The molecule has 1 atom stereocenters. The lowest BCUT2D eigenvalue weighted by Crippen LogP contribution is -2.24. The number of hydrogen-bond donors (Lipinski definition) is 2. The molecule has 0 aliphatic rings. The molecule has 1 aromatic heterocycles. The standard InChI is InChI=1S/C9H8F3NO3/c10-9(11,12)5-2-1-3-13-6(5)4-7(14)8(15)16/h1-3,7,14H,4H2,(H,15,16). The van der Waals surface area contributed by atoms with Gasteiger partial charge in [0.25, 0.3) is 0 Å². The molecule has 0 fully saturated rings. The van der Waals surface area contributed by atoms with Crippen LogP contribution in [0.3, 0.4) is 0 Å². The van der Waals surface area contributed by atoms with Gasteiger partial charge in [0.1, 0.15) is 0 Å². The number of rotatable bonds is 3. The van der Waals surface area contributed by atoms with E-state index >= 15 is 0 Å². The summed E-state index contributed by atoms with van der Waals surface area (Å²) in [6.07, 6.45) is -6.07. The molecule has 1 rings (SSSR count). The predicted octanol–water partition coefficient (Wildman–Crippen LogP) is 1.09. The van der Waals surface area contributed by atoms with Gasteiger partial charge >= 0.3 is 12.1 Å². The van der Waals surface area contributed by atoms with Crippen molar-refractivity contribution in [3.05, 3.63) is 29.6 Å². The smallest absolute Gasteiger partial charge is 0.418 e. The van der Waals surface area contributed by atoms with E-state index in [9.17, 15) is 18.0 Å². The number of aliphatic hydroxyl groups is 1. The summed E-state index contributed by atoms with van der Waals surface area (Å²) in [6, 6.07) is 1.89. The zero-order valence-electron chi connectivity index (χ0n) is 7.90. The minimum atomic E-state index is -4.61. The van der Waals surface area contributed by atoms with Gasteiger partial charge in [-0.3, -0.25) is 4.98 Å². The van der Waals surface area contributed by atoms with Gasteiger partial charge in [-0.05, 0) is 12.1 Å². The van der Waals surface area contributed by atoms with Crippen LogP contribution in [-0.2, 0) is 17.4 Å². The largest absolute Gasteiger partial charge is 0.479 e. The fourth-order valence-corrected chi connectivity index (χ4v) is 1.13. The number of halogens is 3. The summed E-state index contributed by atoms with van der Waals surface area (Å²) in [5, 5.41) is 17.3. The molecule has 0 saturated carbocycles. The van der Waals surface area contributed by atoms with E-state index in [0.29, 0.717) is 0 Å². The second-order valence-electron chi connectivity index (χ2n) is 3.05. The molecule has 0 spiro atoms. The fraction of sp³-hybridized carbons (Fsp3) is 0.333. The Kier molecular flexibility index (Phi) is 3.48. The van der Waals surface area contributed by atoms with Crippen molar-refractivity contribution in [2.75, 3.05) is 0 Å². The Bertz CT molecular complexity index is 392. The average Bonchev–Trinajstić information content (AvgIpc) is 2.16. The summed E-state index contributed by atoms with van der Waals surface area (Å²) >= 11 is 0. The summed E-state index contributed by atoms with van der Waals surface area (Å²) < 4.78 is 37.3. The van der Waals surface area contributed by atoms with E-state index in [2.05, 4.69) is 4.98 Å². The molecular formula is C9H8F3NO3. The lowest BCUT2D eigenvalue weighted by Gasteiger charge is -2.12. The Morgan fingerprint density at radius 3 is 2.62 bits per heavy atom. The highest BCUT2D eigenvalue weighted by Crippen LogP contribution is 2.31. The molecule has 0 amide bonds. The van der Waals surface area contributed by atoms with Gasteiger partial charge in [-0.15, -0.1) is 0 Å². The maximum absolute atomic E-state index is 12.4. The van der Waals surface area contributed by atoms with Crippen LogP contribution in [0, 0.1) is 0 Å². The minimum Gasteiger partial charge on any atom is -0.479 e. The molecule has 0 aliphatic heterocycles. The maximum atomic E-state index is 12.4. The maximum Gasteiger partial charge on any atom is 0.418 e. The van der Waals surface area contributed by atoms with Crippen LogP contribution in [0.1, 0.15) is 11.3 Å². The normalized spacial score (nSPS) is 13.5. The molecule has 1 aromatic rings. The third-order valence-corrected chi connectivity index (χ3v) is 1.87. The first-order chi connectivity index (χ1) is 7.32. The van der Waals surface area contributed by atoms with Crippen LogP contribution in [0.2, 0.25) is 0 Å². The van der Waals surface area contributed by atoms with Gasteiger partial charge in [-0.2, -0.15) is 13.2 Å². The van der Waals surface area contributed by atoms with Gasteiger partial charge in [-0.1, -0.05) is 0 Å². The number of carboxylic acids is 1. The van der Waals surface area contributed by atoms with Gasteiger partial charge in [-0.25, -0.2) is 4.79 Å². The van der Waals surface area contributed by atoms with E-state index in [1.54, 1.807) is 0 Å². The number of alkyl halides is 3. The molecule has 2 N–H and O–H groups in total. The summed E-state index contributed by atoms with van der Waals surface area (Å²) in [5.74, 6) is -1.58. The first-order valence-corrected chi connectivity index (χ1v) is 4.24. The van der Waals surface area contributed by atoms with Crippen molar-refractivity contribution in [1.82, 2.24) is 4.98 Å². The predicted molar refractivity (Wildman–Crippen MR) is 46.6 cm³/mol. The molecule has 4 nitrogen and oxygen atoms in total. The molecule has 1 heterocycles. The zero-order valence-corrected chi connectivity index (χ0v) is 7.90. The Morgan fingerprint density at radius 1 is 1.50 bits per heavy atom. The van der Waals surface area contributed by atoms with Gasteiger partial charge in [0, 0.05) is 12.6 Å². The molecule has 7 heteroatoms. The lowest BCUT2D eigenvalue weighted by atomic mass is 10.1. The van der Waals surface area contributed by atoms with Crippen LogP contribution in [0.25, 0.3) is 0 Å². The zero-order chi connectivity index (χ0) is 12.3. The van der Waals surface area contributed by atoms with Gasteiger partial charge in [0.05, 0.1) is 11.3 Å². The Labute approximate surface area is 88.4 Å². The van der Waals surface area contributed by atoms with Crippen molar-refractivity contribution < 1.29 is 28.2 Å². The topological polar surface area (TPSA) is 70.4 Å². The number of hydrogen-bond acceptors (Lipinski definition) is 3. The number of carbonyl (C=O) groups is 1. The summed E-state index contributed by atoms with van der Waals surface area (Å²) in [4.78, 5) is 13.7. The quantitative estimate of drug-likeness (QED) is 0.822. The number of nitrogens with zero attached hydrogens (tertiary/aromatic N) is 1. The molecule has 16 heavy (non-hydrogen) atoms. The Morgan fingerprint density at radius 2 is 2.12 bits per heavy atom. The Hall–Kier alpha value is -1.63. The lowest BCUT2D eigenvalue weighted by molar-refractivity contribution is -0.147. The van der Waals surface area contributed by atoms with Crippen LogP contribution < -0.4 is 0 Å². The van der Waals surface area contributed by atoms with E-state index in [1.807, 2.05) is 0 Å². The second-order valence-corrected chi connectivity index (χ2v) is 3.05. The van der Waals surface area contributed by atoms with Gasteiger partial charge < -0.3 is 10.2 Å². The van der Waals surface area contributed by atoms with E-state index in [0.717, 1.165) is 18.3 Å². The summed E-state index contributed by atoms with van der Waals surface area (Å²) in [7, 11) is 0. The molecule has 0 radical (unpaired) electrons. The number of carboxylic acid groups (broad SMARTS) is 1. The molecule has 88 valence electrons. The number of pyridine rings is 1. The molecular weight excluding hydrogens is 227 g/mol. The van der Waals surface area contributed by atoms with Crippen LogP contribution in [0.5, 0.6) is 0 Å². The van der Waals surface area contributed by atoms with Crippen molar-refractivity contribution in [3.8, 4) is 0 Å². The molecule has 1 unspecified atom stereocenters. The number of aromatic nitrogens is 1. The molecule has 0 saturated heterocycles. The number of aliphatic carboxylic acids is 1. The number of aliphatic hydroxyl groups excluding tert-OH is 1. The summed E-state index contributed by atoms with van der Waals surface area (Å²) in [5.41, 5.74) is -1.51. The van der Waals surface area contributed by atoms with Crippen LogP contribution in [0.15, 0.2) is 18.3 Å². The van der Waals surface area contributed by atoms with Crippen molar-refractivity contribution in [3.63, 3.8) is 0 Å². The van der Waals surface area contributed by atoms with E-state index in [-0.39, 0.29) is 0 Å². The first kappa shape index (κ1) is 12.4. The highest BCUT2D eigenvalue weighted by Gasteiger charge is 2.34. The fourth-order valence-electron chi connectivity index (χ4n) is 1.13. The van der Waals surface area contributed by atoms with E-state index in [1.165, 1.54) is 0 Å². The van der Waals surface area contributed by atoms with Gasteiger partial charge in [0.15, 0.2) is 6.10 Å². The van der Waals surface area contributed by atoms with Crippen molar-refractivity contribution in [2.45, 2.75) is 18.7 Å². The highest BCUT2D eigenvalue weighted by molar-refractivity contribution is 5.72. The summed E-state index contributed by atoms with van der Waals surface area (Å²) in [6.45, 7) is 0. The first-order valence-electron chi connectivity index (χ1n) is 4.24. The molecule has 0 bridgehead atoms. The molecule has 0 aliphatic carbocycles. The van der Waals surface area contributed by atoms with E-state index in [4.69, 9.17) is 10.2 Å².